The minimum Gasteiger partial charge on any atom is -0.377 e. The van der Waals surface area contributed by atoms with Gasteiger partial charge in [0.2, 0.25) is 0 Å². The molecule has 2 aromatic heterocycles. The lowest BCUT2D eigenvalue weighted by Gasteiger charge is -2.37. The molecule has 184 valence electrons. The molecule has 7 heteroatoms. The fourth-order valence-corrected chi connectivity index (χ4v) is 4.72. The number of aliphatic hydroxyl groups excluding tert-OH is 1. The maximum atomic E-state index is 12.8. The topological polar surface area (TPSA) is 73.6 Å². The van der Waals surface area contributed by atoms with Crippen molar-refractivity contribution in [2.75, 3.05) is 41.3 Å². The van der Waals surface area contributed by atoms with Gasteiger partial charge in [-0.3, -0.25) is 4.79 Å². The second-order valence-corrected chi connectivity index (χ2v) is 9.20. The van der Waals surface area contributed by atoms with Crippen LogP contribution in [-0.2, 0) is 4.79 Å². The number of piperazine rings is 1. The van der Waals surface area contributed by atoms with Gasteiger partial charge in [-0.15, -0.1) is 0 Å². The highest BCUT2D eigenvalue weighted by Gasteiger charge is 2.22. The van der Waals surface area contributed by atoms with Crippen molar-refractivity contribution < 1.29 is 9.90 Å². The maximum Gasteiger partial charge on any atom is 0.259 e. The number of aromatic nitrogens is 2. The Morgan fingerprint density at radius 2 is 1.56 bits per heavy atom. The molecule has 4 aromatic rings. The lowest BCUT2D eigenvalue weighted by atomic mass is 10.2. The number of pyridine rings is 1. The number of para-hydroxylation sites is 1. The molecule has 3 heterocycles. The lowest BCUT2D eigenvalue weighted by molar-refractivity contribution is -0.124. The largest absolute Gasteiger partial charge is 0.377 e. The summed E-state index contributed by atoms with van der Waals surface area (Å²) >= 11 is 0. The van der Waals surface area contributed by atoms with Gasteiger partial charge in [-0.05, 0) is 80.1 Å². The minimum atomic E-state index is -1.29. The summed E-state index contributed by atoms with van der Waals surface area (Å²) in [5, 5.41) is 13.6. The molecule has 0 bridgehead atoms. The van der Waals surface area contributed by atoms with Crippen LogP contribution in [0.15, 0.2) is 85.1 Å². The van der Waals surface area contributed by atoms with Gasteiger partial charge in [0.15, 0.2) is 6.10 Å². The normalized spacial score (nSPS) is 14.5. The Hall–Kier alpha value is -4.10. The first kappa shape index (κ1) is 23.6. The number of rotatable bonds is 6. The molecule has 1 saturated heterocycles. The zero-order chi connectivity index (χ0) is 25.1. The number of carbonyl (C=O) groups excluding carboxylic acids is 1. The summed E-state index contributed by atoms with van der Waals surface area (Å²) in [6, 6.07) is 25.3. The molecule has 1 fully saturated rings. The monoisotopic (exact) mass is 481 g/mol. The molecule has 2 N–H and O–H groups in total. The predicted molar refractivity (Wildman–Crippen MR) is 144 cm³/mol. The van der Waals surface area contributed by atoms with Crippen LogP contribution in [0.1, 0.15) is 23.1 Å². The molecule has 0 spiro atoms. The van der Waals surface area contributed by atoms with Gasteiger partial charge in [-0.1, -0.05) is 18.2 Å². The summed E-state index contributed by atoms with van der Waals surface area (Å²) in [5.74, 6) is 0.579. The third kappa shape index (κ3) is 5.11. The van der Waals surface area contributed by atoms with Gasteiger partial charge in [0.1, 0.15) is 5.82 Å². The van der Waals surface area contributed by atoms with E-state index in [1.807, 2.05) is 78.4 Å². The van der Waals surface area contributed by atoms with Gasteiger partial charge in [-0.25, -0.2) is 4.98 Å². The predicted octanol–water partition coefficient (Wildman–Crippen LogP) is 4.49. The Bertz CT molecular complexity index is 1310. The molecular weight excluding hydrogens is 450 g/mol. The van der Waals surface area contributed by atoms with E-state index in [0.29, 0.717) is 11.4 Å². The Morgan fingerprint density at radius 3 is 2.25 bits per heavy atom. The van der Waals surface area contributed by atoms with E-state index in [4.69, 9.17) is 4.98 Å². The Balaban J connectivity index is 1.19. The highest BCUT2D eigenvalue weighted by atomic mass is 16.3. The van der Waals surface area contributed by atoms with Crippen LogP contribution in [0, 0.1) is 13.8 Å². The number of amides is 1. The van der Waals surface area contributed by atoms with Crippen LogP contribution in [-0.4, -0.2) is 46.7 Å². The highest BCUT2D eigenvalue weighted by Crippen LogP contribution is 2.24. The summed E-state index contributed by atoms with van der Waals surface area (Å²) in [7, 11) is 0. The number of hydrogen-bond donors (Lipinski definition) is 2. The molecule has 1 aliphatic rings. The Kier molecular flexibility index (Phi) is 6.73. The number of carbonyl (C=O) groups is 1. The van der Waals surface area contributed by atoms with Crippen molar-refractivity contribution in [1.29, 1.82) is 0 Å². The zero-order valence-corrected chi connectivity index (χ0v) is 20.6. The Morgan fingerprint density at radius 1 is 0.861 bits per heavy atom. The first-order valence-corrected chi connectivity index (χ1v) is 12.2. The van der Waals surface area contributed by atoms with Crippen molar-refractivity contribution in [3.63, 3.8) is 0 Å². The van der Waals surface area contributed by atoms with Crippen molar-refractivity contribution >= 4 is 23.1 Å². The van der Waals surface area contributed by atoms with E-state index in [0.717, 1.165) is 49.1 Å². The number of nitrogens with zero attached hydrogens (tertiary/aromatic N) is 4. The first-order chi connectivity index (χ1) is 17.5. The summed E-state index contributed by atoms with van der Waals surface area (Å²) in [6.45, 7) is 7.75. The minimum absolute atomic E-state index is 0.465. The van der Waals surface area contributed by atoms with Crippen LogP contribution in [0.25, 0.3) is 5.69 Å². The van der Waals surface area contributed by atoms with Crippen LogP contribution in [0.4, 0.5) is 17.2 Å². The average molecular weight is 482 g/mol. The van der Waals surface area contributed by atoms with Gasteiger partial charge >= 0.3 is 0 Å². The second kappa shape index (κ2) is 10.3. The third-order valence-electron chi connectivity index (χ3n) is 6.53. The summed E-state index contributed by atoms with van der Waals surface area (Å²) in [5.41, 5.74) is 5.45. The van der Waals surface area contributed by atoms with Gasteiger partial charge in [0.25, 0.3) is 5.91 Å². The van der Waals surface area contributed by atoms with Crippen molar-refractivity contribution in [3.8, 4) is 5.69 Å². The summed E-state index contributed by atoms with van der Waals surface area (Å²) in [6.07, 6.45) is 0.554. The molecule has 1 aliphatic heterocycles. The number of hydrogen-bond acceptors (Lipinski definition) is 5. The second-order valence-electron chi connectivity index (χ2n) is 9.20. The molecule has 0 radical (unpaired) electrons. The SMILES string of the molecule is Cc1cc(C)nc(N2CCN(c3ccc(NC(=O)C(O)c4cccn4-c4ccccc4)cc3)CC2)c1. The van der Waals surface area contributed by atoms with Crippen molar-refractivity contribution in [2.24, 2.45) is 0 Å². The molecule has 7 nitrogen and oxygen atoms in total. The quantitative estimate of drug-likeness (QED) is 0.425. The zero-order valence-electron chi connectivity index (χ0n) is 20.6. The van der Waals surface area contributed by atoms with Gasteiger partial charge in [-0.2, -0.15) is 0 Å². The van der Waals surface area contributed by atoms with Crippen molar-refractivity contribution in [3.05, 3.63) is 102 Å². The Labute approximate surface area is 211 Å². The van der Waals surface area contributed by atoms with E-state index in [2.05, 4.69) is 34.2 Å². The van der Waals surface area contributed by atoms with Crippen LogP contribution in [0.5, 0.6) is 0 Å². The van der Waals surface area contributed by atoms with Crippen LogP contribution in [0.3, 0.4) is 0 Å². The third-order valence-corrected chi connectivity index (χ3v) is 6.53. The van der Waals surface area contributed by atoms with E-state index in [1.165, 1.54) is 5.56 Å². The fraction of sp³-hybridized carbons (Fsp3) is 0.241. The van der Waals surface area contributed by atoms with Gasteiger partial charge in [0.05, 0.1) is 5.69 Å². The molecule has 2 aromatic carbocycles. The molecule has 1 amide bonds. The maximum absolute atomic E-state index is 12.8. The van der Waals surface area contributed by atoms with E-state index in [-0.39, 0.29) is 0 Å². The highest BCUT2D eigenvalue weighted by molar-refractivity contribution is 5.94. The number of aliphatic hydroxyl groups is 1. The molecule has 36 heavy (non-hydrogen) atoms. The van der Waals surface area contributed by atoms with E-state index >= 15 is 0 Å². The first-order valence-electron chi connectivity index (χ1n) is 12.2. The van der Waals surface area contributed by atoms with Crippen LogP contribution < -0.4 is 15.1 Å². The van der Waals surface area contributed by atoms with Crippen molar-refractivity contribution in [1.82, 2.24) is 9.55 Å². The van der Waals surface area contributed by atoms with E-state index in [1.54, 1.807) is 6.07 Å². The summed E-state index contributed by atoms with van der Waals surface area (Å²) in [4.78, 5) is 22.2. The van der Waals surface area contributed by atoms with E-state index < -0.39 is 12.0 Å². The van der Waals surface area contributed by atoms with Crippen molar-refractivity contribution in [2.45, 2.75) is 20.0 Å². The smallest absolute Gasteiger partial charge is 0.259 e. The average Bonchev–Trinajstić information content (AvgIpc) is 3.39. The molecule has 1 atom stereocenters. The standard InChI is InChI=1S/C29H31N5O2/c1-21-19-22(2)30-27(20-21)33-17-15-32(16-18-33)24-12-10-23(11-13-24)31-29(36)28(35)26-9-6-14-34(26)25-7-4-3-5-8-25/h3-14,19-20,28,35H,15-18H2,1-2H3,(H,31,36). The van der Waals surface area contributed by atoms with Crippen LogP contribution in [0.2, 0.25) is 0 Å². The van der Waals surface area contributed by atoms with Crippen LogP contribution >= 0.6 is 0 Å². The molecule has 0 aliphatic carbocycles. The van der Waals surface area contributed by atoms with Gasteiger partial charge in [0, 0.05) is 55.1 Å². The van der Waals surface area contributed by atoms with E-state index in [9.17, 15) is 9.90 Å². The number of aryl methyl sites for hydroxylation is 2. The van der Waals surface area contributed by atoms with Gasteiger partial charge < -0.3 is 24.8 Å². The molecule has 1 unspecified atom stereocenters. The molecular formula is C29H31N5O2. The number of benzene rings is 2. The number of anilines is 3. The molecule has 5 rings (SSSR count). The number of nitrogens with one attached hydrogen (secondary N) is 1. The summed E-state index contributed by atoms with van der Waals surface area (Å²) < 4.78 is 1.82. The fourth-order valence-electron chi connectivity index (χ4n) is 4.72. The molecule has 0 saturated carbocycles. The lowest BCUT2D eigenvalue weighted by Crippen LogP contribution is -2.46.